The Labute approximate surface area is 185 Å². The van der Waals surface area contributed by atoms with Gasteiger partial charge in [-0.05, 0) is 74.7 Å². The molecule has 0 aromatic carbocycles. The van der Waals surface area contributed by atoms with Crippen molar-refractivity contribution in [2.24, 2.45) is 23.7 Å². The molecular formula is C23H26ClFN6. The van der Waals surface area contributed by atoms with Gasteiger partial charge in [-0.2, -0.15) is 5.10 Å². The van der Waals surface area contributed by atoms with Crippen LogP contribution in [0, 0.1) is 29.5 Å². The molecule has 0 spiro atoms. The second-order valence-electron chi connectivity index (χ2n) is 9.60. The molecule has 0 saturated heterocycles. The van der Waals surface area contributed by atoms with Crippen LogP contribution < -0.4 is 5.32 Å². The molecule has 0 unspecified atom stereocenters. The molecule has 4 fully saturated rings. The molecule has 3 aromatic heterocycles. The number of aromatic nitrogens is 5. The van der Waals surface area contributed by atoms with Crippen molar-refractivity contribution in [3.8, 4) is 11.5 Å². The highest BCUT2D eigenvalue weighted by molar-refractivity contribution is 6.31. The van der Waals surface area contributed by atoms with Crippen LogP contribution in [0.15, 0.2) is 12.3 Å². The quantitative estimate of drug-likeness (QED) is 0.555. The van der Waals surface area contributed by atoms with Crippen LogP contribution in [0.4, 0.5) is 10.2 Å². The summed E-state index contributed by atoms with van der Waals surface area (Å²) in [5.41, 5.74) is 1.68. The Hall–Kier alpha value is -2.28. The van der Waals surface area contributed by atoms with Crippen LogP contribution in [0.25, 0.3) is 22.6 Å². The molecule has 31 heavy (non-hydrogen) atoms. The summed E-state index contributed by atoms with van der Waals surface area (Å²) in [6, 6.07) is 2.09. The second-order valence-corrected chi connectivity index (χ2v) is 10.0. The molecule has 4 aliphatic carbocycles. The third kappa shape index (κ3) is 3.47. The summed E-state index contributed by atoms with van der Waals surface area (Å²) in [5, 5.41) is 11.8. The van der Waals surface area contributed by atoms with Gasteiger partial charge in [0, 0.05) is 12.2 Å². The van der Waals surface area contributed by atoms with Crippen LogP contribution in [-0.2, 0) is 6.42 Å². The third-order valence-electron chi connectivity index (χ3n) is 7.71. The zero-order valence-electron chi connectivity index (χ0n) is 17.5. The van der Waals surface area contributed by atoms with E-state index in [1.807, 2.05) is 0 Å². The van der Waals surface area contributed by atoms with Crippen molar-refractivity contribution in [1.82, 2.24) is 25.1 Å². The fourth-order valence-corrected chi connectivity index (χ4v) is 5.91. The number of nitrogens with zero attached hydrogens (tertiary/aromatic N) is 4. The Morgan fingerprint density at radius 2 is 1.90 bits per heavy atom. The van der Waals surface area contributed by atoms with Crippen molar-refractivity contribution < 1.29 is 4.39 Å². The van der Waals surface area contributed by atoms with Gasteiger partial charge in [0.1, 0.15) is 5.69 Å². The number of H-pyrrole nitrogens is 1. The Morgan fingerprint density at radius 1 is 1.13 bits per heavy atom. The van der Waals surface area contributed by atoms with Crippen molar-refractivity contribution in [3.05, 3.63) is 28.8 Å². The highest BCUT2D eigenvalue weighted by atomic mass is 35.5. The average Bonchev–Trinajstić information content (AvgIpc) is 3.50. The molecule has 0 amide bonds. The minimum atomic E-state index is -0.302. The molecule has 2 atom stereocenters. The molecule has 0 aliphatic heterocycles. The minimum absolute atomic E-state index is 0.296. The Bertz CT molecular complexity index is 1130. The topological polar surface area (TPSA) is 79.4 Å². The van der Waals surface area contributed by atoms with Crippen LogP contribution in [0.3, 0.4) is 0 Å². The maximum atomic E-state index is 15.5. The summed E-state index contributed by atoms with van der Waals surface area (Å²) in [5.74, 6) is 2.98. The average molecular weight is 441 g/mol. The van der Waals surface area contributed by atoms with E-state index in [4.69, 9.17) is 16.6 Å². The second kappa shape index (κ2) is 7.40. The molecular weight excluding hydrogens is 415 g/mol. The van der Waals surface area contributed by atoms with Gasteiger partial charge in [-0.3, -0.25) is 5.10 Å². The van der Waals surface area contributed by atoms with Gasteiger partial charge in [0.15, 0.2) is 23.1 Å². The summed E-state index contributed by atoms with van der Waals surface area (Å²) in [6.07, 6.45) is 9.49. The van der Waals surface area contributed by atoms with Crippen molar-refractivity contribution >= 4 is 28.5 Å². The number of nitrogens with one attached hydrogen (secondary N) is 2. The number of rotatable bonds is 5. The van der Waals surface area contributed by atoms with Gasteiger partial charge in [-0.25, -0.2) is 19.3 Å². The predicted octanol–water partition coefficient (Wildman–Crippen LogP) is 5.40. The first kappa shape index (κ1) is 19.4. The number of pyridine rings is 1. The largest absolute Gasteiger partial charge is 0.365 e. The van der Waals surface area contributed by atoms with E-state index in [2.05, 4.69) is 32.4 Å². The number of fused-ring (bicyclic) bond motifs is 4. The Balaban J connectivity index is 1.42. The van der Waals surface area contributed by atoms with E-state index in [0.29, 0.717) is 63.9 Å². The van der Waals surface area contributed by atoms with E-state index in [-0.39, 0.29) is 5.82 Å². The summed E-state index contributed by atoms with van der Waals surface area (Å²) in [6.45, 7) is 2.35. The van der Waals surface area contributed by atoms with E-state index in [0.717, 1.165) is 24.1 Å². The van der Waals surface area contributed by atoms with E-state index in [9.17, 15) is 0 Å². The van der Waals surface area contributed by atoms with Crippen LogP contribution in [0.1, 0.15) is 51.1 Å². The van der Waals surface area contributed by atoms with Crippen LogP contribution in [-0.4, -0.2) is 31.2 Å². The van der Waals surface area contributed by atoms with Gasteiger partial charge in [0.25, 0.3) is 0 Å². The molecule has 4 saturated carbocycles. The maximum Gasteiger partial charge on any atom is 0.186 e. The number of halogens is 2. The van der Waals surface area contributed by atoms with Crippen molar-refractivity contribution in [1.29, 1.82) is 0 Å². The van der Waals surface area contributed by atoms with Crippen LogP contribution in [0.5, 0.6) is 0 Å². The Morgan fingerprint density at radius 3 is 2.65 bits per heavy atom. The highest BCUT2D eigenvalue weighted by Crippen LogP contribution is 2.50. The number of aromatic amines is 1. The van der Waals surface area contributed by atoms with Crippen molar-refractivity contribution in [2.45, 2.75) is 57.9 Å². The predicted molar refractivity (Wildman–Crippen MR) is 118 cm³/mol. The summed E-state index contributed by atoms with van der Waals surface area (Å²) in [4.78, 5) is 13.5. The normalized spacial score (nSPS) is 27.7. The molecule has 8 heteroatoms. The van der Waals surface area contributed by atoms with Gasteiger partial charge in [-0.15, -0.1) is 0 Å². The molecule has 0 radical (unpaired) electrons. The van der Waals surface area contributed by atoms with Gasteiger partial charge in [0.2, 0.25) is 0 Å². The molecule has 162 valence electrons. The van der Waals surface area contributed by atoms with Gasteiger partial charge >= 0.3 is 0 Å². The van der Waals surface area contributed by atoms with E-state index < -0.39 is 0 Å². The van der Waals surface area contributed by atoms with Gasteiger partial charge in [-0.1, -0.05) is 18.5 Å². The lowest BCUT2D eigenvalue weighted by Crippen LogP contribution is -2.39. The summed E-state index contributed by atoms with van der Waals surface area (Å²) >= 11 is 6.16. The highest BCUT2D eigenvalue weighted by Gasteiger charge is 2.41. The zero-order valence-corrected chi connectivity index (χ0v) is 18.3. The minimum Gasteiger partial charge on any atom is -0.365 e. The lowest BCUT2D eigenvalue weighted by Gasteiger charge is -2.47. The van der Waals surface area contributed by atoms with Gasteiger partial charge in [0.05, 0.1) is 16.1 Å². The number of hydrogen-bond donors (Lipinski definition) is 2. The maximum absolute atomic E-state index is 15.5. The van der Waals surface area contributed by atoms with Crippen LogP contribution >= 0.6 is 11.6 Å². The number of hydrogen-bond acceptors (Lipinski definition) is 5. The summed E-state index contributed by atoms with van der Waals surface area (Å²) in [7, 11) is 0. The monoisotopic (exact) mass is 440 g/mol. The standard InChI is InChI=1S/C23H26ClFN6/c1-11-12-2-4-13(5-3-12)16(11)9-18-19(25)22(27-15-6-7-15)29-23(28-18)20-17-8-14(24)10-26-21(17)31-30-20/h8,10-13,15-16H,2-7,9H2,1H3,(H,26,30,31)(H,27,28,29)/t11-,12?,13?,16+/m0/s1. The van der Waals surface area contributed by atoms with E-state index >= 15 is 4.39 Å². The molecule has 2 N–H and O–H groups in total. The first-order valence-corrected chi connectivity index (χ1v) is 11.8. The molecule has 3 heterocycles. The molecule has 3 aromatic rings. The fraction of sp³-hybridized carbons (Fsp3) is 0.565. The van der Waals surface area contributed by atoms with E-state index in [1.54, 1.807) is 12.3 Å². The smallest absolute Gasteiger partial charge is 0.186 e. The third-order valence-corrected chi connectivity index (χ3v) is 7.91. The van der Waals surface area contributed by atoms with Crippen LogP contribution in [0.2, 0.25) is 5.02 Å². The lowest BCUT2D eigenvalue weighted by atomic mass is 9.58. The van der Waals surface area contributed by atoms with Crippen molar-refractivity contribution in [2.75, 3.05) is 5.32 Å². The van der Waals surface area contributed by atoms with Crippen molar-refractivity contribution in [3.63, 3.8) is 0 Å². The Kier molecular flexibility index (Phi) is 4.63. The molecule has 7 rings (SSSR count). The molecule has 4 aliphatic rings. The molecule has 2 bridgehead atoms. The SMILES string of the molecule is C[C@H]1C2CCC(CC2)[C@@H]1Cc1nc(-c2[nH]nc3ncc(Cl)cc23)nc(NC2CC2)c1F. The first-order chi connectivity index (χ1) is 15.1. The summed E-state index contributed by atoms with van der Waals surface area (Å²) < 4.78 is 15.5. The van der Waals surface area contributed by atoms with E-state index in [1.165, 1.54) is 25.7 Å². The fourth-order valence-electron chi connectivity index (χ4n) is 5.76. The molecule has 6 nitrogen and oxygen atoms in total. The zero-order chi connectivity index (χ0) is 21.1. The van der Waals surface area contributed by atoms with Gasteiger partial charge < -0.3 is 5.32 Å². The number of anilines is 1. The first-order valence-electron chi connectivity index (χ1n) is 11.4. The lowest BCUT2D eigenvalue weighted by molar-refractivity contribution is 0.0334.